The van der Waals surface area contributed by atoms with Crippen molar-refractivity contribution >= 4 is 23.5 Å². The quantitative estimate of drug-likeness (QED) is 0.605. The van der Waals surface area contributed by atoms with Crippen molar-refractivity contribution in [1.29, 1.82) is 0 Å². The Labute approximate surface area is 141 Å². The predicted molar refractivity (Wildman–Crippen MR) is 83.3 cm³/mol. The van der Waals surface area contributed by atoms with Gasteiger partial charge in [0.05, 0.1) is 7.11 Å². The van der Waals surface area contributed by atoms with Gasteiger partial charge < -0.3 is 9.47 Å². The highest BCUT2D eigenvalue weighted by atomic mass is 32.2. The second-order valence-electron chi connectivity index (χ2n) is 6.41. The fourth-order valence-electron chi connectivity index (χ4n) is 2.48. The zero-order chi connectivity index (χ0) is 18.3. The second-order valence-corrected chi connectivity index (χ2v) is 7.77. The minimum atomic E-state index is -4.77. The number of thioether (sulfide) groups is 1. The molecule has 0 saturated carbocycles. The number of carbonyl (C=O) groups excluding carboxylic acids is 2. The lowest BCUT2D eigenvalue weighted by Crippen LogP contribution is -2.47. The number of fused-ring (bicyclic) bond motifs is 1. The van der Waals surface area contributed by atoms with Crippen LogP contribution in [0.5, 0.6) is 5.75 Å². The van der Waals surface area contributed by atoms with Crippen molar-refractivity contribution in [2.75, 3.05) is 7.11 Å². The monoisotopic (exact) mass is 362 g/mol. The zero-order valence-electron chi connectivity index (χ0n) is 13.6. The number of halogens is 3. The van der Waals surface area contributed by atoms with Gasteiger partial charge >= 0.3 is 11.5 Å². The van der Waals surface area contributed by atoms with Crippen LogP contribution in [0.15, 0.2) is 18.2 Å². The fraction of sp³-hybridized carbons (Fsp3) is 0.500. The summed E-state index contributed by atoms with van der Waals surface area (Å²) in [5, 5.41) is 0. The van der Waals surface area contributed by atoms with Crippen LogP contribution in [0, 0.1) is 0 Å². The first-order valence-electron chi connectivity index (χ1n) is 7.10. The maximum atomic E-state index is 13.1. The van der Waals surface area contributed by atoms with E-state index in [9.17, 15) is 22.8 Å². The molecule has 0 fully saturated rings. The van der Waals surface area contributed by atoms with Crippen molar-refractivity contribution in [2.24, 2.45) is 0 Å². The number of benzene rings is 1. The number of hydrogen-bond donors (Lipinski definition) is 0. The van der Waals surface area contributed by atoms with Crippen LogP contribution in [-0.4, -0.2) is 34.7 Å². The van der Waals surface area contributed by atoms with Gasteiger partial charge in [-0.1, -0.05) is 0 Å². The van der Waals surface area contributed by atoms with Crippen molar-refractivity contribution in [3.8, 4) is 5.75 Å². The van der Waals surface area contributed by atoms with Gasteiger partial charge in [-0.3, -0.25) is 9.59 Å². The topological polar surface area (TPSA) is 52.6 Å². The zero-order valence-corrected chi connectivity index (χ0v) is 14.4. The molecule has 132 valence electrons. The van der Waals surface area contributed by atoms with Crippen molar-refractivity contribution in [2.45, 2.75) is 43.0 Å². The second kappa shape index (κ2) is 5.98. The molecule has 0 aromatic heterocycles. The van der Waals surface area contributed by atoms with E-state index in [-0.39, 0.29) is 5.56 Å². The van der Waals surface area contributed by atoms with E-state index in [0.29, 0.717) is 11.3 Å². The van der Waals surface area contributed by atoms with Crippen molar-refractivity contribution in [3.05, 3.63) is 29.3 Å². The molecular formula is C16H17F3O4S. The van der Waals surface area contributed by atoms with Gasteiger partial charge in [0, 0.05) is 12.0 Å². The van der Waals surface area contributed by atoms with Gasteiger partial charge in [-0.05, 0) is 56.3 Å². The van der Waals surface area contributed by atoms with Crippen LogP contribution in [0.1, 0.15) is 36.7 Å². The number of Topliss-reactive ketones (excluding diaryl/α,β-unsaturated/α-hetero) is 1. The number of methoxy groups -OCH3 is 1. The van der Waals surface area contributed by atoms with Gasteiger partial charge in [-0.2, -0.15) is 13.2 Å². The molecule has 1 aromatic rings. The number of ketones is 1. The summed E-state index contributed by atoms with van der Waals surface area (Å²) in [6, 6.07) is 4.32. The van der Waals surface area contributed by atoms with Gasteiger partial charge in [0.1, 0.15) is 11.4 Å². The average Bonchev–Trinajstić information content (AvgIpc) is 2.68. The summed E-state index contributed by atoms with van der Waals surface area (Å²) in [6.07, 6.45) is -0.391. The van der Waals surface area contributed by atoms with E-state index in [4.69, 9.17) is 9.47 Å². The number of carbonyl (C=O) groups is 2. The summed E-state index contributed by atoms with van der Waals surface area (Å²) < 4.78 is 47.0. The first-order valence-corrected chi connectivity index (χ1v) is 7.92. The normalized spacial score (nSPS) is 20.7. The molecule has 1 aliphatic carbocycles. The van der Waals surface area contributed by atoms with Gasteiger partial charge in [0.25, 0.3) is 0 Å². The molecule has 0 heterocycles. The van der Waals surface area contributed by atoms with E-state index in [1.165, 1.54) is 46.1 Å². The lowest BCUT2D eigenvalue weighted by atomic mass is 10.0. The molecule has 8 heteroatoms. The Balaban J connectivity index is 2.49. The smallest absolute Gasteiger partial charge is 0.443 e. The van der Waals surface area contributed by atoms with Crippen LogP contribution in [-0.2, 0) is 16.0 Å². The minimum Gasteiger partial charge on any atom is -0.497 e. The van der Waals surface area contributed by atoms with E-state index < -0.39 is 45.8 Å². The van der Waals surface area contributed by atoms with Crippen LogP contribution in [0.25, 0.3) is 0 Å². The summed E-state index contributed by atoms with van der Waals surface area (Å²) in [5.74, 6) is -1.67. The van der Waals surface area contributed by atoms with Crippen molar-refractivity contribution < 1.29 is 32.2 Å². The molecule has 0 radical (unpaired) electrons. The Morgan fingerprint density at radius 1 is 1.25 bits per heavy atom. The van der Waals surface area contributed by atoms with Gasteiger partial charge in [-0.15, -0.1) is 0 Å². The van der Waals surface area contributed by atoms with E-state index in [1.54, 1.807) is 0 Å². The molecule has 0 bridgehead atoms. The predicted octanol–water partition coefficient (Wildman–Crippen LogP) is 3.77. The highest BCUT2D eigenvalue weighted by Crippen LogP contribution is 2.49. The molecule has 24 heavy (non-hydrogen) atoms. The highest BCUT2D eigenvalue weighted by Gasteiger charge is 2.59. The molecule has 1 aromatic carbocycles. The first kappa shape index (κ1) is 18.6. The molecule has 0 spiro atoms. The summed E-state index contributed by atoms with van der Waals surface area (Å²) in [4.78, 5) is 25.2. The Bertz CT molecular complexity index is 679. The summed E-state index contributed by atoms with van der Waals surface area (Å²) in [7, 11) is 1.41. The SMILES string of the molecule is COc1ccc2c(c1)CC(SC(F)(F)F)(C(=O)OC(C)(C)C)C2=O. The van der Waals surface area contributed by atoms with E-state index >= 15 is 0 Å². The molecule has 1 unspecified atom stereocenters. The molecule has 0 aliphatic heterocycles. The van der Waals surface area contributed by atoms with Crippen LogP contribution < -0.4 is 4.74 Å². The van der Waals surface area contributed by atoms with Crippen molar-refractivity contribution in [1.82, 2.24) is 0 Å². The van der Waals surface area contributed by atoms with Crippen LogP contribution in [0.4, 0.5) is 13.2 Å². The van der Waals surface area contributed by atoms with E-state index in [1.807, 2.05) is 0 Å². The third-order valence-electron chi connectivity index (χ3n) is 3.38. The Morgan fingerprint density at radius 3 is 2.38 bits per heavy atom. The van der Waals surface area contributed by atoms with E-state index in [0.717, 1.165) is 0 Å². The molecule has 0 N–H and O–H groups in total. The lowest BCUT2D eigenvalue weighted by Gasteiger charge is -2.29. The molecule has 0 amide bonds. The van der Waals surface area contributed by atoms with Crippen LogP contribution in [0.3, 0.4) is 0 Å². The summed E-state index contributed by atoms with van der Waals surface area (Å²) >= 11 is -0.626. The fourth-order valence-corrected chi connectivity index (χ4v) is 3.43. The number of rotatable bonds is 3. The summed E-state index contributed by atoms with van der Waals surface area (Å²) in [5.41, 5.74) is -5.36. The third-order valence-corrected chi connectivity index (χ3v) is 4.46. The maximum absolute atomic E-state index is 13.1. The van der Waals surface area contributed by atoms with Gasteiger partial charge in [0.2, 0.25) is 0 Å². The Morgan fingerprint density at radius 2 is 1.88 bits per heavy atom. The molecule has 4 nitrogen and oxygen atoms in total. The number of hydrogen-bond acceptors (Lipinski definition) is 5. The number of alkyl halides is 3. The number of ether oxygens (including phenoxy) is 2. The Hall–Kier alpha value is -1.70. The molecule has 1 atom stereocenters. The largest absolute Gasteiger partial charge is 0.497 e. The summed E-state index contributed by atoms with van der Waals surface area (Å²) in [6.45, 7) is 4.60. The number of esters is 1. The minimum absolute atomic E-state index is 0.0819. The lowest BCUT2D eigenvalue weighted by molar-refractivity contribution is -0.156. The standard InChI is InChI=1S/C16H17F3O4S/c1-14(2,3)23-13(21)15(24-16(17,18)19)8-9-7-10(22-4)5-6-11(9)12(15)20/h5-7H,8H2,1-4H3. The molecule has 0 saturated heterocycles. The van der Waals surface area contributed by atoms with Crippen molar-refractivity contribution in [3.63, 3.8) is 0 Å². The third kappa shape index (κ3) is 3.68. The first-order chi connectivity index (χ1) is 10.9. The van der Waals surface area contributed by atoms with Gasteiger partial charge in [-0.25, -0.2) is 0 Å². The van der Waals surface area contributed by atoms with E-state index in [2.05, 4.69) is 0 Å². The molecule has 2 rings (SSSR count). The average molecular weight is 362 g/mol. The van der Waals surface area contributed by atoms with Gasteiger partial charge in [0.15, 0.2) is 10.5 Å². The molecular weight excluding hydrogens is 345 g/mol. The van der Waals surface area contributed by atoms with Crippen LogP contribution >= 0.6 is 11.8 Å². The maximum Gasteiger partial charge on any atom is 0.443 e. The van der Waals surface area contributed by atoms with Crippen LogP contribution in [0.2, 0.25) is 0 Å². The molecule has 1 aliphatic rings. The highest BCUT2D eigenvalue weighted by molar-refractivity contribution is 8.03. The Kier molecular flexibility index (Phi) is 4.65.